The van der Waals surface area contributed by atoms with Gasteiger partial charge >= 0.3 is 5.97 Å². The predicted molar refractivity (Wildman–Crippen MR) is 127 cm³/mol. The summed E-state index contributed by atoms with van der Waals surface area (Å²) in [5, 5.41) is 9.26. The van der Waals surface area contributed by atoms with Crippen LogP contribution in [0.3, 0.4) is 0 Å². The van der Waals surface area contributed by atoms with Crippen LogP contribution in [-0.4, -0.2) is 30.2 Å². The van der Waals surface area contributed by atoms with Crippen LogP contribution in [0.25, 0.3) is 0 Å². The van der Waals surface area contributed by atoms with E-state index in [1.54, 1.807) is 12.1 Å². The molecule has 0 aromatic heterocycles. The number of carbonyl (C=O) groups is 1. The molecule has 30 heavy (non-hydrogen) atoms. The van der Waals surface area contributed by atoms with Gasteiger partial charge in [-0.2, -0.15) is 0 Å². The van der Waals surface area contributed by atoms with Crippen molar-refractivity contribution in [3.63, 3.8) is 0 Å². The Morgan fingerprint density at radius 1 is 1.13 bits per heavy atom. The van der Waals surface area contributed by atoms with E-state index < -0.39 is 5.97 Å². The van der Waals surface area contributed by atoms with Crippen LogP contribution in [0.15, 0.2) is 36.4 Å². The number of rotatable bonds is 6. The summed E-state index contributed by atoms with van der Waals surface area (Å²) in [6.07, 6.45) is 1.14. The third-order valence-electron chi connectivity index (χ3n) is 6.22. The number of carboxylic acids is 1. The molecule has 1 aliphatic heterocycles. The minimum Gasteiger partial charge on any atom is -0.478 e. The van der Waals surface area contributed by atoms with E-state index in [2.05, 4.69) is 70.4 Å². The van der Waals surface area contributed by atoms with Gasteiger partial charge in [0.1, 0.15) is 0 Å². The van der Waals surface area contributed by atoms with Gasteiger partial charge < -0.3 is 14.9 Å². The number of hydrogen-bond donors (Lipinski definition) is 1. The molecule has 0 atom stereocenters. The second-order valence-corrected chi connectivity index (χ2v) is 9.93. The number of nitrogens with zero attached hydrogens (tertiary/aromatic N) is 2. The van der Waals surface area contributed by atoms with Crippen molar-refractivity contribution in [1.82, 2.24) is 0 Å². The van der Waals surface area contributed by atoms with Gasteiger partial charge in [0.15, 0.2) is 0 Å². The molecule has 4 heteroatoms. The van der Waals surface area contributed by atoms with E-state index in [0.29, 0.717) is 17.5 Å². The molecule has 0 unspecified atom stereocenters. The fourth-order valence-corrected chi connectivity index (χ4v) is 4.44. The molecule has 3 rings (SSSR count). The SMILES string of the molecule is Cc1cc2c(cc1N(CC(C)C)c1ccc(C(=O)O)cc1)C(C)(C)CCN2C(C)C. The molecule has 2 aromatic rings. The van der Waals surface area contributed by atoms with Gasteiger partial charge in [0.2, 0.25) is 0 Å². The van der Waals surface area contributed by atoms with Crippen molar-refractivity contribution in [3.8, 4) is 0 Å². The quantitative estimate of drug-likeness (QED) is 0.602. The smallest absolute Gasteiger partial charge is 0.335 e. The number of aryl methyl sites for hydroxylation is 1. The van der Waals surface area contributed by atoms with Crippen molar-refractivity contribution in [2.24, 2.45) is 5.92 Å². The molecule has 2 aromatic carbocycles. The lowest BCUT2D eigenvalue weighted by molar-refractivity contribution is 0.0697. The Labute approximate surface area is 181 Å². The van der Waals surface area contributed by atoms with Crippen molar-refractivity contribution in [3.05, 3.63) is 53.1 Å². The lowest BCUT2D eigenvalue weighted by Gasteiger charge is -2.43. The Morgan fingerprint density at radius 2 is 1.77 bits per heavy atom. The van der Waals surface area contributed by atoms with Gasteiger partial charge in [0.05, 0.1) is 5.56 Å². The van der Waals surface area contributed by atoms with Crippen molar-refractivity contribution >= 4 is 23.0 Å². The van der Waals surface area contributed by atoms with Gasteiger partial charge in [-0.15, -0.1) is 0 Å². The maximum absolute atomic E-state index is 11.3. The lowest BCUT2D eigenvalue weighted by Crippen LogP contribution is -2.41. The standard InChI is InChI=1S/C26H36N2O2/c1-17(2)16-28(21-10-8-20(9-11-21)25(29)30)23-15-22-24(14-19(23)5)27(18(3)4)13-12-26(22,6)7/h8-11,14-15,17-18H,12-13,16H2,1-7H3,(H,29,30). The number of carboxylic acid groups (broad SMARTS) is 1. The van der Waals surface area contributed by atoms with Gasteiger partial charge in [-0.1, -0.05) is 27.7 Å². The van der Waals surface area contributed by atoms with E-state index in [9.17, 15) is 9.90 Å². The second kappa shape index (κ2) is 8.33. The van der Waals surface area contributed by atoms with Crippen molar-refractivity contribution in [2.45, 2.75) is 66.3 Å². The fourth-order valence-electron chi connectivity index (χ4n) is 4.44. The molecule has 0 radical (unpaired) electrons. The highest BCUT2D eigenvalue weighted by Crippen LogP contribution is 2.44. The molecule has 0 bridgehead atoms. The molecule has 1 aliphatic rings. The predicted octanol–water partition coefficient (Wildman–Crippen LogP) is 6.38. The van der Waals surface area contributed by atoms with E-state index in [1.807, 2.05) is 12.1 Å². The van der Waals surface area contributed by atoms with Crippen LogP contribution < -0.4 is 9.80 Å². The zero-order valence-corrected chi connectivity index (χ0v) is 19.5. The summed E-state index contributed by atoms with van der Waals surface area (Å²) < 4.78 is 0. The van der Waals surface area contributed by atoms with Gasteiger partial charge in [-0.25, -0.2) is 4.79 Å². The van der Waals surface area contributed by atoms with Crippen LogP contribution in [0.1, 0.15) is 69.4 Å². The Balaban J connectivity index is 2.13. The lowest BCUT2D eigenvalue weighted by atomic mass is 9.76. The summed E-state index contributed by atoms with van der Waals surface area (Å²) in [4.78, 5) is 16.1. The molecule has 0 amide bonds. The summed E-state index contributed by atoms with van der Waals surface area (Å²) in [7, 11) is 0. The number of benzene rings is 2. The molecule has 1 heterocycles. The normalized spacial score (nSPS) is 15.4. The molecule has 0 spiro atoms. The highest BCUT2D eigenvalue weighted by molar-refractivity contribution is 5.88. The fraction of sp³-hybridized carbons (Fsp3) is 0.500. The first-order valence-electron chi connectivity index (χ1n) is 11.0. The van der Waals surface area contributed by atoms with Gasteiger partial charge in [-0.05, 0) is 86.1 Å². The first-order valence-corrected chi connectivity index (χ1v) is 11.0. The Bertz CT molecular complexity index is 913. The van der Waals surface area contributed by atoms with E-state index in [-0.39, 0.29) is 5.41 Å². The zero-order chi connectivity index (χ0) is 22.2. The van der Waals surface area contributed by atoms with Gasteiger partial charge in [0, 0.05) is 36.2 Å². The molecule has 0 aliphatic carbocycles. The summed E-state index contributed by atoms with van der Waals surface area (Å²) in [6.45, 7) is 17.8. The van der Waals surface area contributed by atoms with Crippen molar-refractivity contribution in [2.75, 3.05) is 22.9 Å². The third kappa shape index (κ3) is 4.33. The molecule has 1 N–H and O–H groups in total. The average molecular weight is 409 g/mol. The van der Waals surface area contributed by atoms with Crippen LogP contribution in [0.5, 0.6) is 0 Å². The third-order valence-corrected chi connectivity index (χ3v) is 6.22. The molecular weight excluding hydrogens is 372 g/mol. The molecule has 0 fully saturated rings. The minimum absolute atomic E-state index is 0.125. The van der Waals surface area contributed by atoms with E-state index in [0.717, 1.165) is 25.2 Å². The first-order chi connectivity index (χ1) is 14.0. The summed E-state index contributed by atoms with van der Waals surface area (Å²) in [6, 6.07) is 12.5. The van der Waals surface area contributed by atoms with Gasteiger partial charge in [-0.3, -0.25) is 0 Å². The number of hydrogen-bond acceptors (Lipinski definition) is 3. The summed E-state index contributed by atoms with van der Waals surface area (Å²) >= 11 is 0. The first kappa shape index (κ1) is 22.2. The zero-order valence-electron chi connectivity index (χ0n) is 19.5. The van der Waals surface area contributed by atoms with Crippen molar-refractivity contribution in [1.29, 1.82) is 0 Å². The molecule has 4 nitrogen and oxygen atoms in total. The maximum atomic E-state index is 11.3. The molecular formula is C26H36N2O2. The second-order valence-electron chi connectivity index (χ2n) is 9.93. The van der Waals surface area contributed by atoms with Crippen molar-refractivity contribution < 1.29 is 9.90 Å². The van der Waals surface area contributed by atoms with E-state index >= 15 is 0 Å². The Morgan fingerprint density at radius 3 is 2.30 bits per heavy atom. The summed E-state index contributed by atoms with van der Waals surface area (Å²) in [5.74, 6) is -0.419. The molecule has 0 saturated heterocycles. The summed E-state index contributed by atoms with van der Waals surface area (Å²) in [5.41, 5.74) is 6.70. The van der Waals surface area contributed by atoms with Gasteiger partial charge in [0.25, 0.3) is 0 Å². The van der Waals surface area contributed by atoms with Crippen LogP contribution in [0.4, 0.5) is 17.1 Å². The monoisotopic (exact) mass is 408 g/mol. The molecule has 0 saturated carbocycles. The Hall–Kier alpha value is -2.49. The number of aromatic carboxylic acids is 1. The van der Waals surface area contributed by atoms with Crippen LogP contribution in [-0.2, 0) is 5.41 Å². The highest BCUT2D eigenvalue weighted by Gasteiger charge is 2.33. The van der Waals surface area contributed by atoms with E-state index in [4.69, 9.17) is 0 Å². The maximum Gasteiger partial charge on any atom is 0.335 e. The topological polar surface area (TPSA) is 43.8 Å². The van der Waals surface area contributed by atoms with Crippen LogP contribution >= 0.6 is 0 Å². The minimum atomic E-state index is -0.891. The van der Waals surface area contributed by atoms with E-state index in [1.165, 1.54) is 22.5 Å². The van der Waals surface area contributed by atoms with Crippen LogP contribution in [0, 0.1) is 12.8 Å². The average Bonchev–Trinajstić information content (AvgIpc) is 2.65. The van der Waals surface area contributed by atoms with Crippen LogP contribution in [0.2, 0.25) is 0 Å². The number of anilines is 3. The Kier molecular flexibility index (Phi) is 6.16. The highest BCUT2D eigenvalue weighted by atomic mass is 16.4. The largest absolute Gasteiger partial charge is 0.478 e. The molecule has 162 valence electrons. The number of fused-ring (bicyclic) bond motifs is 1.